The molecule has 5 nitrogen and oxygen atoms in total. The predicted octanol–water partition coefficient (Wildman–Crippen LogP) is 3.71. The van der Waals surface area contributed by atoms with Gasteiger partial charge in [-0.3, -0.25) is 14.5 Å². The molecule has 3 aliphatic rings. The molecule has 2 unspecified atom stereocenters. The maximum Gasteiger partial charge on any atom is 0.253 e. The van der Waals surface area contributed by atoms with Gasteiger partial charge in [0.1, 0.15) is 0 Å². The van der Waals surface area contributed by atoms with E-state index >= 15 is 0 Å². The topological polar surface area (TPSA) is 43.9 Å². The molecule has 30 heavy (non-hydrogen) atoms. The minimum atomic E-state index is 0.00433. The van der Waals surface area contributed by atoms with Crippen LogP contribution in [0.15, 0.2) is 24.3 Å². The minimum absolute atomic E-state index is 0.00433. The Hall–Kier alpha value is -1.88. The first kappa shape index (κ1) is 21.4. The lowest BCUT2D eigenvalue weighted by atomic mass is 9.92. The van der Waals surface area contributed by atoms with Gasteiger partial charge in [-0.05, 0) is 64.0 Å². The van der Waals surface area contributed by atoms with Crippen molar-refractivity contribution >= 4 is 11.8 Å². The molecule has 0 bridgehead atoms. The third-order valence-electron chi connectivity index (χ3n) is 7.48. The number of rotatable bonds is 4. The highest BCUT2D eigenvalue weighted by Crippen LogP contribution is 2.33. The van der Waals surface area contributed by atoms with E-state index in [1.54, 1.807) is 0 Å². The summed E-state index contributed by atoms with van der Waals surface area (Å²) >= 11 is 0. The molecule has 0 aromatic heterocycles. The zero-order valence-electron chi connectivity index (χ0n) is 18.7. The number of carbonyl (C=O) groups is 2. The maximum absolute atomic E-state index is 13.7. The number of benzene rings is 1. The Morgan fingerprint density at radius 1 is 0.867 bits per heavy atom. The molecule has 1 saturated carbocycles. The number of hydrogen-bond donors (Lipinski definition) is 0. The van der Waals surface area contributed by atoms with Crippen LogP contribution in [0.25, 0.3) is 0 Å². The Morgan fingerprint density at radius 3 is 2.13 bits per heavy atom. The number of piperidine rings is 1. The van der Waals surface area contributed by atoms with Crippen molar-refractivity contribution in [2.75, 3.05) is 32.7 Å². The van der Waals surface area contributed by atoms with E-state index in [4.69, 9.17) is 0 Å². The number of likely N-dealkylation sites (tertiary alicyclic amines) is 1. The van der Waals surface area contributed by atoms with E-state index in [-0.39, 0.29) is 11.9 Å². The van der Waals surface area contributed by atoms with E-state index in [0.29, 0.717) is 31.0 Å². The molecule has 0 radical (unpaired) electrons. The molecule has 4 rings (SSSR count). The largest absolute Gasteiger partial charge is 0.339 e. The molecular weight excluding hydrogens is 374 g/mol. The highest BCUT2D eigenvalue weighted by molar-refractivity contribution is 5.94. The lowest BCUT2D eigenvalue weighted by molar-refractivity contribution is -0.143. The molecule has 2 saturated heterocycles. The first-order valence-electron chi connectivity index (χ1n) is 11.9. The first-order valence-corrected chi connectivity index (χ1v) is 11.9. The van der Waals surface area contributed by atoms with E-state index in [0.717, 1.165) is 38.0 Å². The van der Waals surface area contributed by atoms with Crippen molar-refractivity contribution in [1.29, 1.82) is 0 Å². The molecule has 0 N–H and O–H groups in total. The van der Waals surface area contributed by atoms with Gasteiger partial charge in [0.15, 0.2) is 0 Å². The van der Waals surface area contributed by atoms with Crippen LogP contribution in [-0.2, 0) is 4.79 Å². The van der Waals surface area contributed by atoms with Gasteiger partial charge in [-0.25, -0.2) is 0 Å². The maximum atomic E-state index is 13.7. The quantitative estimate of drug-likeness (QED) is 0.759. The van der Waals surface area contributed by atoms with E-state index in [1.807, 2.05) is 36.1 Å². The lowest BCUT2D eigenvalue weighted by Gasteiger charge is -2.44. The first-order chi connectivity index (χ1) is 14.5. The fraction of sp³-hybridized carbons (Fsp3) is 0.680. The average Bonchev–Trinajstić information content (AvgIpc) is 3.29. The van der Waals surface area contributed by atoms with E-state index in [1.165, 1.54) is 37.7 Å². The summed E-state index contributed by atoms with van der Waals surface area (Å²) in [6, 6.07) is 8.21. The van der Waals surface area contributed by atoms with Gasteiger partial charge in [0.25, 0.3) is 5.91 Å². The summed E-state index contributed by atoms with van der Waals surface area (Å²) in [5.74, 6) is 0.946. The molecule has 164 valence electrons. The Labute approximate surface area is 181 Å². The molecule has 5 heteroatoms. The molecule has 3 fully saturated rings. The highest BCUT2D eigenvalue weighted by Gasteiger charge is 2.40. The van der Waals surface area contributed by atoms with Gasteiger partial charge >= 0.3 is 0 Å². The van der Waals surface area contributed by atoms with Gasteiger partial charge in [-0.15, -0.1) is 0 Å². The minimum Gasteiger partial charge on any atom is -0.339 e. The van der Waals surface area contributed by atoms with Crippen LogP contribution >= 0.6 is 0 Å². The molecule has 1 aromatic carbocycles. The summed E-state index contributed by atoms with van der Waals surface area (Å²) in [4.78, 5) is 33.1. The van der Waals surface area contributed by atoms with Crippen molar-refractivity contribution in [3.8, 4) is 0 Å². The third-order valence-corrected chi connectivity index (χ3v) is 7.48. The molecule has 1 aromatic rings. The zero-order chi connectivity index (χ0) is 21.1. The van der Waals surface area contributed by atoms with Crippen LogP contribution in [0.1, 0.15) is 67.8 Å². The summed E-state index contributed by atoms with van der Waals surface area (Å²) in [5, 5.41) is 0. The van der Waals surface area contributed by atoms with Crippen LogP contribution in [0.5, 0.6) is 0 Å². The van der Waals surface area contributed by atoms with Crippen molar-refractivity contribution in [2.24, 2.45) is 5.92 Å². The van der Waals surface area contributed by atoms with Gasteiger partial charge in [-0.1, -0.05) is 30.5 Å². The van der Waals surface area contributed by atoms with Gasteiger partial charge in [0, 0.05) is 44.3 Å². The number of hydrogen-bond acceptors (Lipinski definition) is 3. The highest BCUT2D eigenvalue weighted by atomic mass is 16.2. The third kappa shape index (κ3) is 4.56. The molecule has 2 aliphatic heterocycles. The molecule has 1 aliphatic carbocycles. The average molecular weight is 412 g/mol. The molecular formula is C25H37N3O2. The fourth-order valence-electron chi connectivity index (χ4n) is 5.61. The van der Waals surface area contributed by atoms with Crippen molar-refractivity contribution in [3.63, 3.8) is 0 Å². The second kappa shape index (κ2) is 9.51. The summed E-state index contributed by atoms with van der Waals surface area (Å²) in [6.07, 6.45) is 8.32. The Balaban J connectivity index is 1.43. The smallest absolute Gasteiger partial charge is 0.253 e. The second-order valence-corrected chi connectivity index (χ2v) is 9.56. The number of carbonyl (C=O) groups excluding carboxylic acids is 2. The van der Waals surface area contributed by atoms with Gasteiger partial charge in [0.2, 0.25) is 5.91 Å². The van der Waals surface area contributed by atoms with Gasteiger partial charge < -0.3 is 9.80 Å². The fourth-order valence-corrected chi connectivity index (χ4v) is 5.61. The summed E-state index contributed by atoms with van der Waals surface area (Å²) < 4.78 is 0. The molecule has 0 spiro atoms. The number of piperazine rings is 1. The van der Waals surface area contributed by atoms with Crippen LogP contribution in [0, 0.1) is 12.8 Å². The van der Waals surface area contributed by atoms with Crippen molar-refractivity contribution < 1.29 is 9.59 Å². The Kier molecular flexibility index (Phi) is 6.77. The van der Waals surface area contributed by atoms with Crippen molar-refractivity contribution in [3.05, 3.63) is 35.4 Å². The molecule has 2 heterocycles. The number of nitrogens with zero attached hydrogens (tertiary/aromatic N) is 3. The Bertz CT molecular complexity index is 733. The van der Waals surface area contributed by atoms with E-state index in [9.17, 15) is 9.59 Å². The summed E-state index contributed by atoms with van der Waals surface area (Å²) in [5.41, 5.74) is 1.93. The SMILES string of the molecule is Cc1ccc(C(=O)N2CCN(C(C(=O)N3CCCCC3C)C3CCCC3)CC2)cc1. The number of aryl methyl sites for hydroxylation is 1. The zero-order valence-corrected chi connectivity index (χ0v) is 18.7. The summed E-state index contributed by atoms with van der Waals surface area (Å²) in [7, 11) is 0. The van der Waals surface area contributed by atoms with Crippen LogP contribution in [-0.4, -0.2) is 71.3 Å². The van der Waals surface area contributed by atoms with Crippen LogP contribution < -0.4 is 0 Å². The number of amides is 2. The van der Waals surface area contributed by atoms with Gasteiger partial charge in [0.05, 0.1) is 6.04 Å². The van der Waals surface area contributed by atoms with Crippen LogP contribution in [0.2, 0.25) is 0 Å². The van der Waals surface area contributed by atoms with Crippen LogP contribution in [0.4, 0.5) is 0 Å². The normalized spacial score (nSPS) is 24.8. The van der Waals surface area contributed by atoms with Crippen LogP contribution in [0.3, 0.4) is 0 Å². The van der Waals surface area contributed by atoms with E-state index < -0.39 is 0 Å². The van der Waals surface area contributed by atoms with Crippen molar-refractivity contribution in [1.82, 2.24) is 14.7 Å². The summed E-state index contributed by atoms with van der Waals surface area (Å²) in [6.45, 7) is 8.17. The Morgan fingerprint density at radius 2 is 1.50 bits per heavy atom. The second-order valence-electron chi connectivity index (χ2n) is 9.56. The lowest BCUT2D eigenvalue weighted by Crippen LogP contribution is -2.60. The molecule has 2 atom stereocenters. The van der Waals surface area contributed by atoms with Gasteiger partial charge in [-0.2, -0.15) is 0 Å². The monoisotopic (exact) mass is 411 g/mol. The molecule has 2 amide bonds. The predicted molar refractivity (Wildman–Crippen MR) is 119 cm³/mol. The standard InChI is InChI=1S/C25H37N3O2/c1-19-10-12-22(13-11-19)24(29)27-17-15-26(16-18-27)23(21-8-3-4-9-21)25(30)28-14-6-5-7-20(28)2/h10-13,20-21,23H,3-9,14-18H2,1-2H3. The van der Waals surface area contributed by atoms with E-state index in [2.05, 4.69) is 16.7 Å². The van der Waals surface area contributed by atoms with Crippen molar-refractivity contribution in [2.45, 2.75) is 70.9 Å².